The van der Waals surface area contributed by atoms with Crippen LogP contribution in [0.3, 0.4) is 0 Å². The van der Waals surface area contributed by atoms with E-state index in [4.69, 9.17) is 0 Å². The Hall–Kier alpha value is -5.67. The maximum absolute atomic E-state index is 2.37. The van der Waals surface area contributed by atoms with Crippen LogP contribution in [0.25, 0.3) is 38.4 Å². The van der Waals surface area contributed by atoms with Gasteiger partial charge < -0.3 is 9.80 Å². The average molecular weight is 597 g/mol. The van der Waals surface area contributed by atoms with E-state index in [0.717, 1.165) is 22.7 Å². The molecule has 224 valence electrons. The molecule has 0 radical (unpaired) electrons. The van der Waals surface area contributed by atoms with Gasteiger partial charge in [0.2, 0.25) is 5.69 Å². The normalized spacial score (nSPS) is 11.6. The molecule has 0 aliphatic rings. The van der Waals surface area contributed by atoms with Gasteiger partial charge in [0.1, 0.15) is 7.05 Å². The summed E-state index contributed by atoms with van der Waals surface area (Å²) in [5.41, 5.74) is 10.6. The molecule has 1 heterocycles. The zero-order valence-electron chi connectivity index (χ0n) is 26.9. The van der Waals surface area contributed by atoms with E-state index in [0.29, 0.717) is 0 Å². The van der Waals surface area contributed by atoms with Gasteiger partial charge in [-0.3, -0.25) is 0 Å². The fourth-order valence-electron chi connectivity index (χ4n) is 6.32. The highest BCUT2D eigenvalue weighted by Crippen LogP contribution is 2.38. The predicted octanol–water partition coefficient (Wildman–Crippen LogP) is 10.8. The van der Waals surface area contributed by atoms with Crippen LogP contribution in [0.15, 0.2) is 158 Å². The molecular formula is C43H38N3+. The first-order valence-electron chi connectivity index (χ1n) is 15.8. The van der Waals surface area contributed by atoms with Crippen LogP contribution in [0.4, 0.5) is 22.7 Å². The molecule has 0 aliphatic heterocycles. The second kappa shape index (κ2) is 12.4. The molecule has 7 rings (SSSR count). The minimum atomic E-state index is 1.12. The third-order valence-electron chi connectivity index (χ3n) is 8.89. The van der Waals surface area contributed by atoms with E-state index in [-0.39, 0.29) is 0 Å². The molecule has 3 heteroatoms. The van der Waals surface area contributed by atoms with E-state index in [1.54, 1.807) is 0 Å². The van der Waals surface area contributed by atoms with Crippen LogP contribution in [0.2, 0.25) is 0 Å². The number of nitrogens with zero attached hydrogens (tertiary/aromatic N) is 3. The van der Waals surface area contributed by atoms with Crippen LogP contribution >= 0.6 is 0 Å². The van der Waals surface area contributed by atoms with Gasteiger partial charge in [0.15, 0.2) is 6.20 Å². The number of hydrogen-bond donors (Lipinski definition) is 0. The highest BCUT2D eigenvalue weighted by atomic mass is 15.1. The first-order chi connectivity index (χ1) is 22.4. The van der Waals surface area contributed by atoms with E-state index in [1.165, 1.54) is 49.5 Å². The molecular weight excluding hydrogens is 558 g/mol. The molecule has 3 nitrogen and oxygen atoms in total. The summed E-state index contributed by atoms with van der Waals surface area (Å²) in [6, 6.07) is 52.5. The number of aryl methyl sites for hydroxylation is 2. The third kappa shape index (κ3) is 5.76. The van der Waals surface area contributed by atoms with Crippen LogP contribution < -0.4 is 14.4 Å². The number of pyridine rings is 1. The summed E-state index contributed by atoms with van der Waals surface area (Å²) in [6.45, 7) is 4.37. The van der Waals surface area contributed by atoms with Crippen LogP contribution in [0, 0.1) is 6.92 Å². The van der Waals surface area contributed by atoms with Crippen molar-refractivity contribution in [2.45, 2.75) is 13.8 Å². The molecule has 46 heavy (non-hydrogen) atoms. The van der Waals surface area contributed by atoms with E-state index in [2.05, 4.69) is 200 Å². The summed E-state index contributed by atoms with van der Waals surface area (Å²) in [6.07, 6.45) is 4.33. The lowest BCUT2D eigenvalue weighted by molar-refractivity contribution is -0.660. The van der Waals surface area contributed by atoms with Gasteiger partial charge in [-0.05, 0) is 107 Å². The van der Waals surface area contributed by atoms with E-state index >= 15 is 0 Å². The minimum absolute atomic E-state index is 1.12. The van der Waals surface area contributed by atoms with Crippen molar-refractivity contribution in [1.82, 2.24) is 0 Å². The van der Waals surface area contributed by atoms with Gasteiger partial charge in [0.05, 0.1) is 5.56 Å². The number of fused-ring (bicyclic) bond motifs is 2. The molecule has 0 fully saturated rings. The van der Waals surface area contributed by atoms with Gasteiger partial charge in [-0.1, -0.05) is 78.9 Å². The highest BCUT2D eigenvalue weighted by Gasteiger charge is 2.16. The molecule has 0 spiro atoms. The summed E-state index contributed by atoms with van der Waals surface area (Å²) >= 11 is 0. The Labute approximate surface area is 271 Å². The highest BCUT2D eigenvalue weighted by molar-refractivity contribution is 5.92. The molecule has 7 aromatic rings. The second-order valence-electron chi connectivity index (χ2n) is 12.1. The van der Waals surface area contributed by atoms with Crippen LogP contribution in [0.1, 0.15) is 18.1 Å². The fourth-order valence-corrected chi connectivity index (χ4v) is 6.32. The summed E-state index contributed by atoms with van der Waals surface area (Å²) in [5.74, 6) is 0. The number of anilines is 4. The number of hydrogen-bond acceptors (Lipinski definition) is 2. The zero-order chi connectivity index (χ0) is 31.6. The maximum atomic E-state index is 2.37. The Bertz CT molecular complexity index is 2150. The van der Waals surface area contributed by atoms with Gasteiger partial charge in [0, 0.05) is 48.1 Å². The number of allylic oxidation sites excluding steroid dienone is 1. The van der Waals surface area contributed by atoms with Crippen molar-refractivity contribution < 1.29 is 4.57 Å². The van der Waals surface area contributed by atoms with Gasteiger partial charge >= 0.3 is 0 Å². The first kappa shape index (κ1) is 29.1. The largest absolute Gasteiger partial charge is 0.351 e. The molecule has 0 bridgehead atoms. The van der Waals surface area contributed by atoms with Gasteiger partial charge in [-0.25, -0.2) is 4.57 Å². The quantitative estimate of drug-likeness (QED) is 0.169. The lowest BCUT2D eigenvalue weighted by Crippen LogP contribution is -2.30. The van der Waals surface area contributed by atoms with Gasteiger partial charge in [-0.15, -0.1) is 0 Å². The molecule has 0 saturated heterocycles. The average Bonchev–Trinajstić information content (AvgIpc) is 3.09. The Morgan fingerprint density at radius 1 is 0.565 bits per heavy atom. The number of benzene rings is 6. The summed E-state index contributed by atoms with van der Waals surface area (Å²) < 4.78 is 2.18. The predicted molar refractivity (Wildman–Crippen MR) is 196 cm³/mol. The topological polar surface area (TPSA) is 10.4 Å². The molecule has 1 aromatic heterocycles. The SMILES string of the molecule is C/C(=C\N(C)c1ccc(C)c(-c2cccc[n+]2C)c1)c1cccc(N(c2ccc3ccccc3c2)c2ccc3ccccc3c2)c1. The summed E-state index contributed by atoms with van der Waals surface area (Å²) in [5, 5.41) is 4.92. The second-order valence-corrected chi connectivity index (χ2v) is 12.1. The van der Waals surface area contributed by atoms with Crippen molar-refractivity contribution >= 4 is 49.9 Å². The van der Waals surface area contributed by atoms with Gasteiger partial charge in [-0.2, -0.15) is 0 Å². The zero-order valence-corrected chi connectivity index (χ0v) is 26.9. The Morgan fingerprint density at radius 3 is 1.80 bits per heavy atom. The van der Waals surface area contributed by atoms with Crippen molar-refractivity contribution in [3.05, 3.63) is 169 Å². The fraction of sp³-hybridized carbons (Fsp3) is 0.0930. The van der Waals surface area contributed by atoms with Crippen molar-refractivity contribution in [3.8, 4) is 11.3 Å². The minimum Gasteiger partial charge on any atom is -0.351 e. The molecule has 0 aliphatic carbocycles. The Morgan fingerprint density at radius 2 is 1.15 bits per heavy atom. The van der Waals surface area contributed by atoms with Crippen molar-refractivity contribution in [3.63, 3.8) is 0 Å². The van der Waals surface area contributed by atoms with Crippen molar-refractivity contribution in [2.24, 2.45) is 7.05 Å². The van der Waals surface area contributed by atoms with E-state index < -0.39 is 0 Å². The lowest BCUT2D eigenvalue weighted by Gasteiger charge is -2.27. The molecule has 0 unspecified atom stereocenters. The van der Waals surface area contributed by atoms with E-state index in [1.807, 2.05) is 0 Å². The van der Waals surface area contributed by atoms with Crippen molar-refractivity contribution in [2.75, 3.05) is 16.8 Å². The lowest BCUT2D eigenvalue weighted by atomic mass is 10.0. The monoisotopic (exact) mass is 596 g/mol. The van der Waals surface area contributed by atoms with Gasteiger partial charge in [0.25, 0.3) is 0 Å². The summed E-state index contributed by atoms with van der Waals surface area (Å²) in [4.78, 5) is 4.59. The molecule has 0 atom stereocenters. The van der Waals surface area contributed by atoms with Crippen LogP contribution in [0.5, 0.6) is 0 Å². The van der Waals surface area contributed by atoms with E-state index in [9.17, 15) is 0 Å². The third-order valence-corrected chi connectivity index (χ3v) is 8.89. The van der Waals surface area contributed by atoms with Crippen LogP contribution in [-0.4, -0.2) is 7.05 Å². The van der Waals surface area contributed by atoms with Crippen molar-refractivity contribution in [1.29, 1.82) is 0 Å². The maximum Gasteiger partial charge on any atom is 0.212 e. The number of aromatic nitrogens is 1. The Balaban J connectivity index is 1.27. The molecule has 0 saturated carbocycles. The first-order valence-corrected chi connectivity index (χ1v) is 15.8. The molecule has 6 aromatic carbocycles. The number of rotatable bonds is 7. The standard InChI is InChI=1S/C43H38N3/c1-31-19-22-38(29-42(31)43-18-9-10-25-44(43)3)45(4)30-32(2)35-16-11-17-39(26-35)46(40-23-20-33-12-5-7-14-36(33)27-40)41-24-21-34-13-6-8-15-37(34)28-41/h5-30H,1-4H3/q+1/b32-30+. The molecule has 0 amide bonds. The Kier molecular flexibility index (Phi) is 7.82. The smallest absolute Gasteiger partial charge is 0.212 e. The molecule has 0 N–H and O–H groups in total. The van der Waals surface area contributed by atoms with Crippen LogP contribution in [-0.2, 0) is 7.05 Å². The summed E-state index contributed by atoms with van der Waals surface area (Å²) in [7, 11) is 4.23.